The van der Waals surface area contributed by atoms with Gasteiger partial charge in [-0.15, -0.1) is 11.3 Å². The van der Waals surface area contributed by atoms with E-state index in [1.54, 1.807) is 11.3 Å². The first-order valence-electron chi connectivity index (χ1n) is 6.72. The van der Waals surface area contributed by atoms with Crippen LogP contribution in [0.5, 0.6) is 0 Å². The van der Waals surface area contributed by atoms with E-state index in [1.165, 1.54) is 16.7 Å². The number of thiazole rings is 1. The lowest BCUT2D eigenvalue weighted by Crippen LogP contribution is -2.29. The summed E-state index contributed by atoms with van der Waals surface area (Å²) in [6.45, 7) is 4.20. The zero-order valence-corrected chi connectivity index (χ0v) is 14.3. The molecule has 2 heterocycles. The van der Waals surface area contributed by atoms with E-state index in [4.69, 9.17) is 5.84 Å². The molecule has 110 valence electrons. The fourth-order valence-electron chi connectivity index (χ4n) is 2.54. The minimum absolute atomic E-state index is 0.0557. The van der Waals surface area contributed by atoms with Crippen LogP contribution in [-0.4, -0.2) is 9.38 Å². The van der Waals surface area contributed by atoms with E-state index in [1.807, 2.05) is 16.0 Å². The van der Waals surface area contributed by atoms with Crippen molar-refractivity contribution in [2.45, 2.75) is 26.3 Å². The first-order valence-corrected chi connectivity index (χ1v) is 8.39. The highest BCUT2D eigenvalue weighted by molar-refractivity contribution is 9.10. The van der Waals surface area contributed by atoms with Crippen molar-refractivity contribution in [3.63, 3.8) is 0 Å². The molecule has 0 saturated carbocycles. The SMILES string of the molecule is Cc1cc(C(Cc2cn3ccsc3n2)NN)cc(C)c1Br. The standard InChI is InChI=1S/C15H17BrN4S/c1-9-5-11(6-10(2)14(9)16)13(19-17)7-12-8-20-3-4-21-15(20)18-12/h3-6,8,13,19H,7,17H2,1-2H3. The molecule has 0 aliphatic heterocycles. The number of nitrogens with two attached hydrogens (primary N) is 1. The van der Waals surface area contributed by atoms with Gasteiger partial charge in [0.25, 0.3) is 0 Å². The van der Waals surface area contributed by atoms with Crippen LogP contribution in [0.25, 0.3) is 4.96 Å². The first-order chi connectivity index (χ1) is 10.1. The second-order valence-corrected chi connectivity index (χ2v) is 6.88. The normalized spacial score (nSPS) is 13.0. The Bertz CT molecular complexity index is 725. The van der Waals surface area contributed by atoms with Gasteiger partial charge in [-0.05, 0) is 30.5 Å². The summed E-state index contributed by atoms with van der Waals surface area (Å²) in [7, 11) is 0. The van der Waals surface area contributed by atoms with Crippen molar-refractivity contribution in [1.29, 1.82) is 0 Å². The second kappa shape index (κ2) is 5.88. The summed E-state index contributed by atoms with van der Waals surface area (Å²) < 4.78 is 3.20. The number of hydrogen-bond donors (Lipinski definition) is 2. The Labute approximate surface area is 136 Å². The number of nitrogens with one attached hydrogen (secondary N) is 1. The second-order valence-electron chi connectivity index (χ2n) is 5.22. The van der Waals surface area contributed by atoms with Crippen LogP contribution in [-0.2, 0) is 6.42 Å². The van der Waals surface area contributed by atoms with Gasteiger partial charge in [0.05, 0.1) is 11.7 Å². The van der Waals surface area contributed by atoms with E-state index >= 15 is 0 Å². The van der Waals surface area contributed by atoms with Gasteiger partial charge in [0.1, 0.15) is 0 Å². The lowest BCUT2D eigenvalue weighted by atomic mass is 9.98. The number of imidazole rings is 1. The quantitative estimate of drug-likeness (QED) is 0.549. The molecule has 0 saturated heterocycles. The van der Waals surface area contributed by atoms with Gasteiger partial charge in [0, 0.05) is 28.7 Å². The molecular formula is C15H17BrN4S. The van der Waals surface area contributed by atoms with Crippen molar-refractivity contribution in [2.24, 2.45) is 5.84 Å². The van der Waals surface area contributed by atoms with E-state index < -0.39 is 0 Å². The summed E-state index contributed by atoms with van der Waals surface area (Å²) in [4.78, 5) is 5.64. The van der Waals surface area contributed by atoms with Gasteiger partial charge in [0.2, 0.25) is 0 Å². The van der Waals surface area contributed by atoms with Crippen LogP contribution in [0.1, 0.15) is 28.4 Å². The molecule has 1 aromatic carbocycles. The number of aromatic nitrogens is 2. The zero-order valence-electron chi connectivity index (χ0n) is 11.9. The minimum atomic E-state index is 0.0557. The molecule has 0 fully saturated rings. The lowest BCUT2D eigenvalue weighted by molar-refractivity contribution is 0.546. The summed E-state index contributed by atoms with van der Waals surface area (Å²) >= 11 is 5.24. The molecule has 3 rings (SSSR count). The van der Waals surface area contributed by atoms with E-state index in [0.29, 0.717) is 0 Å². The Balaban J connectivity index is 1.89. The Hall–Kier alpha value is -1.21. The average Bonchev–Trinajstić information content (AvgIpc) is 3.02. The largest absolute Gasteiger partial charge is 0.297 e. The van der Waals surface area contributed by atoms with Crippen LogP contribution in [0.2, 0.25) is 0 Å². The van der Waals surface area contributed by atoms with Crippen molar-refractivity contribution in [3.8, 4) is 0 Å². The van der Waals surface area contributed by atoms with Gasteiger partial charge in [-0.1, -0.05) is 28.1 Å². The molecule has 0 aliphatic carbocycles. The fraction of sp³-hybridized carbons (Fsp3) is 0.267. The maximum absolute atomic E-state index is 5.77. The third kappa shape index (κ3) is 2.89. The van der Waals surface area contributed by atoms with Crippen molar-refractivity contribution in [3.05, 3.63) is 56.8 Å². The molecule has 0 amide bonds. The molecule has 0 radical (unpaired) electrons. The Morgan fingerprint density at radius 2 is 2.10 bits per heavy atom. The summed E-state index contributed by atoms with van der Waals surface area (Å²) in [6, 6.07) is 4.39. The first kappa shape index (κ1) is 14.7. The van der Waals surface area contributed by atoms with Gasteiger partial charge >= 0.3 is 0 Å². The van der Waals surface area contributed by atoms with Crippen molar-refractivity contribution in [1.82, 2.24) is 14.8 Å². The van der Waals surface area contributed by atoms with E-state index in [0.717, 1.165) is 21.5 Å². The molecule has 0 spiro atoms. The summed E-state index contributed by atoms with van der Waals surface area (Å²) in [5.41, 5.74) is 7.58. The number of rotatable bonds is 4. The van der Waals surface area contributed by atoms with Gasteiger partial charge in [-0.2, -0.15) is 0 Å². The number of fused-ring (bicyclic) bond motifs is 1. The molecule has 2 aromatic heterocycles. The highest BCUT2D eigenvalue weighted by Crippen LogP contribution is 2.27. The predicted octanol–water partition coefficient (Wildman–Crippen LogP) is 3.52. The van der Waals surface area contributed by atoms with Gasteiger partial charge in [0.15, 0.2) is 4.96 Å². The lowest BCUT2D eigenvalue weighted by Gasteiger charge is -2.17. The molecular weight excluding hydrogens is 348 g/mol. The number of hydrogen-bond acceptors (Lipinski definition) is 4. The fourth-order valence-corrected chi connectivity index (χ4v) is 3.49. The summed E-state index contributed by atoms with van der Waals surface area (Å²) in [5, 5.41) is 2.03. The number of benzene rings is 1. The van der Waals surface area contributed by atoms with Crippen LogP contribution < -0.4 is 11.3 Å². The topological polar surface area (TPSA) is 55.3 Å². The van der Waals surface area contributed by atoms with Crippen molar-refractivity contribution < 1.29 is 0 Å². The number of hydrazine groups is 1. The molecule has 0 bridgehead atoms. The third-order valence-electron chi connectivity index (χ3n) is 3.62. The molecule has 6 heteroatoms. The van der Waals surface area contributed by atoms with E-state index in [-0.39, 0.29) is 6.04 Å². The molecule has 4 nitrogen and oxygen atoms in total. The smallest absolute Gasteiger partial charge is 0.193 e. The van der Waals surface area contributed by atoms with Crippen LogP contribution in [0.3, 0.4) is 0 Å². The molecule has 3 aromatic rings. The van der Waals surface area contributed by atoms with Gasteiger partial charge < -0.3 is 0 Å². The van der Waals surface area contributed by atoms with Crippen LogP contribution in [0, 0.1) is 13.8 Å². The maximum Gasteiger partial charge on any atom is 0.193 e. The Morgan fingerprint density at radius 1 is 1.38 bits per heavy atom. The van der Waals surface area contributed by atoms with Crippen LogP contribution in [0.4, 0.5) is 0 Å². The van der Waals surface area contributed by atoms with E-state index in [9.17, 15) is 0 Å². The third-order valence-corrected chi connectivity index (χ3v) is 5.64. The predicted molar refractivity (Wildman–Crippen MR) is 90.5 cm³/mol. The molecule has 1 atom stereocenters. The van der Waals surface area contributed by atoms with Crippen molar-refractivity contribution >= 4 is 32.2 Å². The number of aryl methyl sites for hydroxylation is 2. The molecule has 1 unspecified atom stereocenters. The van der Waals surface area contributed by atoms with Crippen LogP contribution in [0.15, 0.2) is 34.4 Å². The van der Waals surface area contributed by atoms with E-state index in [2.05, 4.69) is 58.5 Å². The number of halogens is 1. The molecule has 3 N–H and O–H groups in total. The molecule has 21 heavy (non-hydrogen) atoms. The average molecular weight is 365 g/mol. The summed E-state index contributed by atoms with van der Waals surface area (Å²) in [5.74, 6) is 5.77. The van der Waals surface area contributed by atoms with Gasteiger partial charge in [-0.3, -0.25) is 15.7 Å². The highest BCUT2D eigenvalue weighted by Gasteiger charge is 2.15. The van der Waals surface area contributed by atoms with Gasteiger partial charge in [-0.25, -0.2) is 4.98 Å². The Kier molecular flexibility index (Phi) is 4.12. The van der Waals surface area contributed by atoms with Crippen LogP contribution >= 0.6 is 27.3 Å². The molecule has 0 aliphatic rings. The minimum Gasteiger partial charge on any atom is -0.297 e. The monoisotopic (exact) mass is 364 g/mol. The maximum atomic E-state index is 5.77. The zero-order chi connectivity index (χ0) is 15.0. The number of nitrogens with zero attached hydrogens (tertiary/aromatic N) is 2. The Morgan fingerprint density at radius 3 is 2.71 bits per heavy atom. The highest BCUT2D eigenvalue weighted by atomic mass is 79.9. The van der Waals surface area contributed by atoms with Crippen molar-refractivity contribution in [2.75, 3.05) is 0 Å². The summed E-state index contributed by atoms with van der Waals surface area (Å²) in [6.07, 6.45) is 4.86.